The fourth-order valence-electron chi connectivity index (χ4n) is 1.98. The largest absolute Gasteiger partial charge is 0.315 e. The lowest BCUT2D eigenvalue weighted by Gasteiger charge is -2.09. The molecule has 4 nitrogen and oxygen atoms in total. The summed E-state index contributed by atoms with van der Waals surface area (Å²) in [7, 11) is -1.67. The Bertz CT molecular complexity index is 664. The van der Waals surface area contributed by atoms with Gasteiger partial charge in [-0.2, -0.15) is 0 Å². The first-order chi connectivity index (χ1) is 9.54. The third-order valence-corrected chi connectivity index (χ3v) is 5.77. The van der Waals surface area contributed by atoms with Crippen LogP contribution in [0, 0.1) is 6.92 Å². The molecule has 0 aliphatic heterocycles. The quantitative estimate of drug-likeness (QED) is 0.860. The van der Waals surface area contributed by atoms with Gasteiger partial charge in [0.25, 0.3) is 0 Å². The second kappa shape index (κ2) is 6.49. The van der Waals surface area contributed by atoms with Gasteiger partial charge in [0.05, 0.1) is 0 Å². The number of rotatable bonds is 6. The molecule has 0 aliphatic rings. The molecule has 0 amide bonds. The molecule has 0 aliphatic carbocycles. The van der Waals surface area contributed by atoms with E-state index in [1.54, 1.807) is 0 Å². The van der Waals surface area contributed by atoms with Crippen molar-refractivity contribution in [2.45, 2.75) is 24.9 Å². The normalized spacial score (nSPS) is 11.7. The first-order valence-electron chi connectivity index (χ1n) is 6.29. The van der Waals surface area contributed by atoms with E-state index < -0.39 is 10.0 Å². The Morgan fingerprint density at radius 2 is 1.85 bits per heavy atom. The minimum absolute atomic E-state index is 0.303. The Kier molecular flexibility index (Phi) is 4.93. The summed E-state index contributed by atoms with van der Waals surface area (Å²) in [6.07, 6.45) is 0. The van der Waals surface area contributed by atoms with Crippen LogP contribution in [0.5, 0.6) is 0 Å². The lowest BCUT2D eigenvalue weighted by Crippen LogP contribution is -2.25. The van der Waals surface area contributed by atoms with E-state index in [1.165, 1.54) is 11.3 Å². The number of benzene rings is 1. The summed E-state index contributed by atoms with van der Waals surface area (Å²) in [5.74, 6) is 0. The second-order valence-corrected chi connectivity index (χ2v) is 7.18. The summed E-state index contributed by atoms with van der Waals surface area (Å²) >= 11 is 1.47. The van der Waals surface area contributed by atoms with E-state index >= 15 is 0 Å². The monoisotopic (exact) mass is 310 g/mol. The number of nitrogens with one attached hydrogen (secondary N) is 2. The highest BCUT2D eigenvalue weighted by Gasteiger charge is 2.22. The number of hydrogen-bond acceptors (Lipinski definition) is 4. The molecule has 0 saturated heterocycles. The Morgan fingerprint density at radius 1 is 1.15 bits per heavy atom. The van der Waals surface area contributed by atoms with Gasteiger partial charge in [0.2, 0.25) is 10.0 Å². The van der Waals surface area contributed by atoms with Gasteiger partial charge in [-0.3, -0.25) is 0 Å². The number of sulfonamides is 1. The molecular weight excluding hydrogens is 292 g/mol. The molecule has 0 fully saturated rings. The third kappa shape index (κ3) is 3.46. The zero-order valence-electron chi connectivity index (χ0n) is 11.5. The highest BCUT2D eigenvalue weighted by atomic mass is 32.2. The van der Waals surface area contributed by atoms with Gasteiger partial charge >= 0.3 is 0 Å². The molecule has 2 aromatic rings. The number of aryl methyl sites for hydroxylation is 1. The van der Waals surface area contributed by atoms with E-state index in [2.05, 4.69) is 10.0 Å². The van der Waals surface area contributed by atoms with Crippen LogP contribution in [-0.4, -0.2) is 15.5 Å². The molecule has 0 radical (unpaired) electrons. The zero-order chi connectivity index (χ0) is 14.6. The van der Waals surface area contributed by atoms with Gasteiger partial charge in [-0.25, -0.2) is 13.1 Å². The van der Waals surface area contributed by atoms with Crippen LogP contribution in [-0.2, 0) is 23.1 Å². The van der Waals surface area contributed by atoms with Crippen molar-refractivity contribution in [3.05, 3.63) is 51.7 Å². The highest BCUT2D eigenvalue weighted by Crippen LogP contribution is 2.26. The molecule has 0 spiro atoms. The van der Waals surface area contributed by atoms with Crippen LogP contribution < -0.4 is 10.0 Å². The van der Waals surface area contributed by atoms with Crippen LogP contribution in [0.15, 0.2) is 40.6 Å². The maximum Gasteiger partial charge on any atom is 0.242 e. The highest BCUT2D eigenvalue weighted by molar-refractivity contribution is 7.89. The summed E-state index contributed by atoms with van der Waals surface area (Å²) in [6, 6.07) is 9.50. The van der Waals surface area contributed by atoms with Crippen LogP contribution in [0.1, 0.15) is 16.0 Å². The summed E-state index contributed by atoms with van der Waals surface area (Å²) in [4.78, 5) is 1.25. The average Bonchev–Trinajstić information content (AvgIpc) is 2.80. The molecule has 0 saturated carbocycles. The standard InChI is InChI=1S/C14H18N2O2S2/c1-11-10-19-13(9-15-2)14(11)20(17,18)16-8-12-6-4-3-5-7-12/h3-7,10,15-16H,8-9H2,1-2H3. The van der Waals surface area contributed by atoms with Gasteiger partial charge in [0, 0.05) is 18.0 Å². The zero-order valence-corrected chi connectivity index (χ0v) is 13.1. The lowest BCUT2D eigenvalue weighted by molar-refractivity contribution is 0.579. The lowest BCUT2D eigenvalue weighted by atomic mass is 10.2. The van der Waals surface area contributed by atoms with Gasteiger partial charge in [0.15, 0.2) is 0 Å². The molecule has 0 unspecified atom stereocenters. The molecule has 20 heavy (non-hydrogen) atoms. The van der Waals surface area contributed by atoms with Gasteiger partial charge in [-0.15, -0.1) is 11.3 Å². The predicted octanol–water partition coefficient (Wildman–Crippen LogP) is 2.25. The van der Waals surface area contributed by atoms with Crippen LogP contribution >= 0.6 is 11.3 Å². The summed E-state index contributed by atoms with van der Waals surface area (Å²) in [5, 5.41) is 4.88. The Labute approximate surface area is 123 Å². The molecule has 1 heterocycles. The Morgan fingerprint density at radius 3 is 2.50 bits per heavy atom. The molecule has 1 aromatic carbocycles. The van der Waals surface area contributed by atoms with Crippen molar-refractivity contribution in [1.82, 2.24) is 10.0 Å². The van der Waals surface area contributed by atoms with Crippen molar-refractivity contribution in [1.29, 1.82) is 0 Å². The molecular formula is C14H18N2O2S2. The minimum atomic E-state index is -3.48. The van der Waals surface area contributed by atoms with E-state index in [0.29, 0.717) is 18.0 Å². The molecule has 0 atom stereocenters. The maximum atomic E-state index is 12.5. The minimum Gasteiger partial charge on any atom is -0.315 e. The topological polar surface area (TPSA) is 58.2 Å². The van der Waals surface area contributed by atoms with Crippen molar-refractivity contribution in [3.63, 3.8) is 0 Å². The smallest absolute Gasteiger partial charge is 0.242 e. The van der Waals surface area contributed by atoms with E-state index in [4.69, 9.17) is 0 Å². The van der Waals surface area contributed by atoms with E-state index in [9.17, 15) is 8.42 Å². The fraction of sp³-hybridized carbons (Fsp3) is 0.286. The van der Waals surface area contributed by atoms with Crippen molar-refractivity contribution < 1.29 is 8.42 Å². The molecule has 6 heteroatoms. The first kappa shape index (κ1) is 15.2. The molecule has 0 bridgehead atoms. The SMILES string of the molecule is CNCc1scc(C)c1S(=O)(=O)NCc1ccccc1. The van der Waals surface area contributed by atoms with Crippen molar-refractivity contribution in [2.75, 3.05) is 7.05 Å². The van der Waals surface area contributed by atoms with E-state index in [0.717, 1.165) is 16.0 Å². The van der Waals surface area contributed by atoms with E-state index in [-0.39, 0.29) is 0 Å². The van der Waals surface area contributed by atoms with Crippen molar-refractivity contribution >= 4 is 21.4 Å². The number of hydrogen-bond donors (Lipinski definition) is 2. The second-order valence-electron chi connectivity index (χ2n) is 4.51. The molecule has 2 rings (SSSR count). The van der Waals surface area contributed by atoms with Crippen molar-refractivity contribution in [3.8, 4) is 0 Å². The van der Waals surface area contributed by atoms with Crippen LogP contribution in [0.2, 0.25) is 0 Å². The van der Waals surface area contributed by atoms with Gasteiger partial charge in [0.1, 0.15) is 4.90 Å². The van der Waals surface area contributed by atoms with Gasteiger partial charge < -0.3 is 5.32 Å². The first-order valence-corrected chi connectivity index (χ1v) is 8.66. The van der Waals surface area contributed by atoms with Crippen LogP contribution in [0.4, 0.5) is 0 Å². The van der Waals surface area contributed by atoms with Crippen LogP contribution in [0.25, 0.3) is 0 Å². The van der Waals surface area contributed by atoms with Gasteiger partial charge in [-0.1, -0.05) is 30.3 Å². The third-order valence-electron chi connectivity index (χ3n) is 2.90. The average molecular weight is 310 g/mol. The predicted molar refractivity (Wildman–Crippen MR) is 82.3 cm³/mol. The Hall–Kier alpha value is -1.21. The summed E-state index contributed by atoms with van der Waals surface area (Å²) < 4.78 is 27.6. The molecule has 108 valence electrons. The summed E-state index contributed by atoms with van der Waals surface area (Å²) in [6.45, 7) is 2.68. The number of thiophene rings is 1. The Balaban J connectivity index is 2.20. The summed E-state index contributed by atoms with van der Waals surface area (Å²) in [5.41, 5.74) is 1.74. The van der Waals surface area contributed by atoms with Gasteiger partial charge in [-0.05, 0) is 30.5 Å². The van der Waals surface area contributed by atoms with Crippen LogP contribution in [0.3, 0.4) is 0 Å². The molecule has 2 N–H and O–H groups in total. The van der Waals surface area contributed by atoms with Crippen molar-refractivity contribution in [2.24, 2.45) is 0 Å². The fourth-order valence-corrected chi connectivity index (χ4v) is 4.81. The van der Waals surface area contributed by atoms with E-state index in [1.807, 2.05) is 49.7 Å². The molecule has 1 aromatic heterocycles. The maximum absolute atomic E-state index is 12.5.